The minimum absolute atomic E-state index is 0.105. The average Bonchev–Trinajstić information content (AvgIpc) is 2.34. The predicted molar refractivity (Wildman–Crippen MR) is 80.7 cm³/mol. The van der Waals surface area contributed by atoms with Gasteiger partial charge in [-0.1, -0.05) is 49.0 Å². The van der Waals surface area contributed by atoms with Crippen LogP contribution in [-0.2, 0) is 0 Å². The normalized spacial score (nSPS) is 19.7. The molecule has 1 unspecified atom stereocenters. The van der Waals surface area contributed by atoms with Crippen molar-refractivity contribution in [2.75, 3.05) is 13.1 Å². The fourth-order valence-electron chi connectivity index (χ4n) is 2.59. The molecule has 2 rings (SSSR count). The maximum atomic E-state index is 5.96. The van der Waals surface area contributed by atoms with Crippen LogP contribution in [-0.4, -0.2) is 23.0 Å². The smallest absolute Gasteiger partial charge is 0.0948 e. The molecule has 0 spiro atoms. The Morgan fingerprint density at radius 2 is 1.83 bits per heavy atom. The number of nitrogens with zero attached hydrogens (tertiary/aromatic N) is 1. The van der Waals surface area contributed by atoms with Crippen LogP contribution >= 0.6 is 12.2 Å². The summed E-state index contributed by atoms with van der Waals surface area (Å²) in [4.78, 5) is 3.01. The fraction of sp³-hybridized carbons (Fsp3) is 0.533. The van der Waals surface area contributed by atoms with E-state index < -0.39 is 0 Å². The molecular weight excluding hydrogens is 240 g/mol. The lowest BCUT2D eigenvalue weighted by molar-refractivity contribution is 0.171. The summed E-state index contributed by atoms with van der Waals surface area (Å²) in [6, 6.07) is 8.67. The summed E-state index contributed by atoms with van der Waals surface area (Å²) in [7, 11) is 0. The third kappa shape index (κ3) is 3.09. The molecule has 2 nitrogen and oxygen atoms in total. The van der Waals surface area contributed by atoms with E-state index in [1.807, 2.05) is 0 Å². The zero-order valence-electron chi connectivity index (χ0n) is 11.2. The summed E-state index contributed by atoms with van der Waals surface area (Å²) in [5, 5.41) is 0. The molecule has 1 atom stereocenters. The molecule has 0 radical (unpaired) electrons. The van der Waals surface area contributed by atoms with E-state index in [0.29, 0.717) is 4.99 Å². The quantitative estimate of drug-likeness (QED) is 0.849. The first-order chi connectivity index (χ1) is 8.58. The number of benzene rings is 1. The van der Waals surface area contributed by atoms with E-state index in [2.05, 4.69) is 43.0 Å². The number of piperidine rings is 1. The Morgan fingerprint density at radius 1 is 1.28 bits per heavy atom. The summed E-state index contributed by atoms with van der Waals surface area (Å²) >= 11 is 5.28. The maximum absolute atomic E-state index is 5.96. The molecule has 98 valence electrons. The zero-order chi connectivity index (χ0) is 13.1. The Balaban J connectivity index is 2.18. The second kappa shape index (κ2) is 5.81. The van der Waals surface area contributed by atoms with Crippen LogP contribution in [0.25, 0.3) is 0 Å². The summed E-state index contributed by atoms with van der Waals surface area (Å²) in [5.74, 6) is 0.825. The van der Waals surface area contributed by atoms with Gasteiger partial charge in [-0.05, 0) is 44.3 Å². The van der Waals surface area contributed by atoms with Crippen LogP contribution in [0.1, 0.15) is 36.9 Å². The highest BCUT2D eigenvalue weighted by Gasteiger charge is 2.26. The van der Waals surface area contributed by atoms with Gasteiger partial charge >= 0.3 is 0 Å². The first kappa shape index (κ1) is 13.5. The van der Waals surface area contributed by atoms with Crippen LogP contribution in [0.2, 0.25) is 0 Å². The van der Waals surface area contributed by atoms with Gasteiger partial charge < -0.3 is 5.73 Å². The molecule has 3 heteroatoms. The molecular formula is C15H22N2S. The fourth-order valence-corrected chi connectivity index (χ4v) is 2.88. The summed E-state index contributed by atoms with van der Waals surface area (Å²) in [6.07, 6.45) is 2.48. The topological polar surface area (TPSA) is 29.3 Å². The average molecular weight is 262 g/mol. The number of nitrogens with two attached hydrogens (primary N) is 1. The van der Waals surface area contributed by atoms with Gasteiger partial charge in [-0.25, -0.2) is 0 Å². The SMILES string of the molecule is Cc1ccc(C(C(N)=S)N2CCC(C)CC2)cc1. The molecule has 0 amide bonds. The predicted octanol–water partition coefficient (Wildman–Crippen LogP) is 3.05. The second-order valence-corrected chi connectivity index (χ2v) is 5.91. The Bertz CT molecular complexity index is 405. The van der Waals surface area contributed by atoms with Crippen LogP contribution in [0.15, 0.2) is 24.3 Å². The first-order valence-corrected chi connectivity index (χ1v) is 7.08. The van der Waals surface area contributed by atoms with Crippen molar-refractivity contribution in [3.05, 3.63) is 35.4 Å². The van der Waals surface area contributed by atoms with Crippen molar-refractivity contribution in [1.29, 1.82) is 0 Å². The number of likely N-dealkylation sites (tertiary alicyclic amines) is 1. The lowest BCUT2D eigenvalue weighted by Crippen LogP contribution is -2.41. The zero-order valence-corrected chi connectivity index (χ0v) is 12.0. The lowest BCUT2D eigenvalue weighted by atomic mass is 9.95. The van der Waals surface area contributed by atoms with Crippen molar-refractivity contribution in [2.24, 2.45) is 11.7 Å². The number of hydrogen-bond donors (Lipinski definition) is 1. The van der Waals surface area contributed by atoms with Crippen molar-refractivity contribution in [1.82, 2.24) is 4.90 Å². The molecule has 0 aromatic heterocycles. The van der Waals surface area contributed by atoms with Crippen LogP contribution in [0.4, 0.5) is 0 Å². The van der Waals surface area contributed by atoms with Gasteiger partial charge in [-0.3, -0.25) is 4.90 Å². The highest BCUT2D eigenvalue weighted by molar-refractivity contribution is 7.80. The highest BCUT2D eigenvalue weighted by atomic mass is 32.1. The number of hydrogen-bond acceptors (Lipinski definition) is 2. The van der Waals surface area contributed by atoms with E-state index in [0.717, 1.165) is 19.0 Å². The lowest BCUT2D eigenvalue weighted by Gasteiger charge is -2.36. The van der Waals surface area contributed by atoms with E-state index in [9.17, 15) is 0 Å². The van der Waals surface area contributed by atoms with Crippen LogP contribution in [0.5, 0.6) is 0 Å². The van der Waals surface area contributed by atoms with E-state index in [-0.39, 0.29) is 6.04 Å². The molecule has 1 aromatic rings. The molecule has 1 heterocycles. The monoisotopic (exact) mass is 262 g/mol. The Morgan fingerprint density at radius 3 is 2.33 bits per heavy atom. The van der Waals surface area contributed by atoms with E-state index in [1.54, 1.807) is 0 Å². The standard InChI is InChI=1S/C15H22N2S/c1-11-3-5-13(6-4-11)14(15(16)18)17-9-7-12(2)8-10-17/h3-6,12,14H,7-10H2,1-2H3,(H2,16,18). The van der Waals surface area contributed by atoms with E-state index in [1.165, 1.54) is 24.0 Å². The molecule has 1 aliphatic heterocycles. The Labute approximate surface area is 115 Å². The summed E-state index contributed by atoms with van der Waals surface area (Å²) in [6.45, 7) is 6.61. The Hall–Kier alpha value is -0.930. The molecule has 18 heavy (non-hydrogen) atoms. The van der Waals surface area contributed by atoms with Gasteiger partial charge in [0.2, 0.25) is 0 Å². The molecule has 1 fully saturated rings. The van der Waals surface area contributed by atoms with Gasteiger partial charge in [-0.2, -0.15) is 0 Å². The Kier molecular flexibility index (Phi) is 4.36. The molecule has 0 aliphatic carbocycles. The van der Waals surface area contributed by atoms with Gasteiger partial charge in [0.05, 0.1) is 11.0 Å². The van der Waals surface area contributed by atoms with Crippen molar-refractivity contribution >= 4 is 17.2 Å². The highest BCUT2D eigenvalue weighted by Crippen LogP contribution is 2.27. The number of aryl methyl sites for hydroxylation is 1. The van der Waals surface area contributed by atoms with Crippen molar-refractivity contribution < 1.29 is 0 Å². The largest absolute Gasteiger partial charge is 0.392 e. The minimum atomic E-state index is 0.105. The summed E-state index contributed by atoms with van der Waals surface area (Å²) < 4.78 is 0. The van der Waals surface area contributed by atoms with E-state index >= 15 is 0 Å². The minimum Gasteiger partial charge on any atom is -0.392 e. The molecule has 0 saturated carbocycles. The molecule has 1 saturated heterocycles. The van der Waals surface area contributed by atoms with Gasteiger partial charge in [0.15, 0.2) is 0 Å². The third-order valence-corrected chi connectivity index (χ3v) is 4.07. The van der Waals surface area contributed by atoms with Crippen LogP contribution < -0.4 is 5.73 Å². The first-order valence-electron chi connectivity index (χ1n) is 6.68. The van der Waals surface area contributed by atoms with E-state index in [4.69, 9.17) is 18.0 Å². The van der Waals surface area contributed by atoms with Crippen molar-refractivity contribution in [3.63, 3.8) is 0 Å². The van der Waals surface area contributed by atoms with Crippen LogP contribution in [0.3, 0.4) is 0 Å². The third-order valence-electron chi connectivity index (χ3n) is 3.85. The molecule has 0 bridgehead atoms. The molecule has 1 aromatic carbocycles. The van der Waals surface area contributed by atoms with Crippen molar-refractivity contribution in [3.8, 4) is 0 Å². The number of thiocarbonyl (C=S) groups is 1. The summed E-state index contributed by atoms with van der Waals surface area (Å²) in [5.41, 5.74) is 8.46. The molecule has 1 aliphatic rings. The second-order valence-electron chi connectivity index (χ2n) is 5.43. The van der Waals surface area contributed by atoms with Crippen LogP contribution in [0, 0.1) is 12.8 Å². The van der Waals surface area contributed by atoms with Gasteiger partial charge in [-0.15, -0.1) is 0 Å². The van der Waals surface area contributed by atoms with Gasteiger partial charge in [0.1, 0.15) is 0 Å². The van der Waals surface area contributed by atoms with Crippen molar-refractivity contribution in [2.45, 2.75) is 32.7 Å². The van der Waals surface area contributed by atoms with Gasteiger partial charge in [0, 0.05) is 0 Å². The number of rotatable bonds is 3. The molecule has 2 N–H and O–H groups in total. The van der Waals surface area contributed by atoms with Gasteiger partial charge in [0.25, 0.3) is 0 Å². The maximum Gasteiger partial charge on any atom is 0.0948 e.